The first-order chi connectivity index (χ1) is 11.5. The standard InChI is InChI=1S/C15H14N4O5/c1-2-17-10-11(9-16)14(20)18(15(17)21)6-7-24-13-5-3-4-12(8-13)19(22)23/h3-5,8,10H,2,6-7H2,1H3. The lowest BCUT2D eigenvalue weighted by Crippen LogP contribution is -2.41. The van der Waals surface area contributed by atoms with Gasteiger partial charge in [-0.25, -0.2) is 4.79 Å². The average Bonchev–Trinajstić information content (AvgIpc) is 2.58. The Hall–Kier alpha value is -3.41. The molecule has 0 saturated heterocycles. The van der Waals surface area contributed by atoms with E-state index in [1.54, 1.807) is 13.0 Å². The second-order valence-electron chi connectivity index (χ2n) is 4.78. The van der Waals surface area contributed by atoms with Gasteiger partial charge in [-0.05, 0) is 13.0 Å². The minimum atomic E-state index is -0.685. The smallest absolute Gasteiger partial charge is 0.331 e. The van der Waals surface area contributed by atoms with E-state index in [-0.39, 0.29) is 30.2 Å². The second kappa shape index (κ2) is 7.23. The molecule has 0 amide bonds. The fourth-order valence-electron chi connectivity index (χ4n) is 2.10. The number of nitriles is 1. The largest absolute Gasteiger partial charge is 0.491 e. The lowest BCUT2D eigenvalue weighted by molar-refractivity contribution is -0.384. The van der Waals surface area contributed by atoms with Crippen molar-refractivity contribution in [1.29, 1.82) is 5.26 Å². The van der Waals surface area contributed by atoms with Crippen molar-refractivity contribution in [1.82, 2.24) is 9.13 Å². The number of benzene rings is 1. The highest BCUT2D eigenvalue weighted by Crippen LogP contribution is 2.18. The maximum atomic E-state index is 12.1. The summed E-state index contributed by atoms with van der Waals surface area (Å²) in [4.78, 5) is 34.4. The van der Waals surface area contributed by atoms with Gasteiger partial charge in [0.15, 0.2) is 0 Å². The van der Waals surface area contributed by atoms with Crippen LogP contribution < -0.4 is 16.0 Å². The van der Waals surface area contributed by atoms with Gasteiger partial charge >= 0.3 is 5.69 Å². The van der Waals surface area contributed by atoms with Crippen molar-refractivity contribution >= 4 is 5.69 Å². The Bertz CT molecular complexity index is 923. The highest BCUT2D eigenvalue weighted by Gasteiger charge is 2.11. The molecule has 1 heterocycles. The zero-order valence-electron chi connectivity index (χ0n) is 12.8. The van der Waals surface area contributed by atoms with E-state index in [2.05, 4.69) is 0 Å². The van der Waals surface area contributed by atoms with Gasteiger partial charge in [0.2, 0.25) is 0 Å². The van der Waals surface area contributed by atoms with Gasteiger partial charge in [-0.3, -0.25) is 24.0 Å². The van der Waals surface area contributed by atoms with Gasteiger partial charge < -0.3 is 4.74 Å². The number of non-ortho nitro benzene ring substituents is 1. The maximum Gasteiger partial charge on any atom is 0.331 e. The Balaban J connectivity index is 2.20. The summed E-state index contributed by atoms with van der Waals surface area (Å²) in [7, 11) is 0. The van der Waals surface area contributed by atoms with E-state index >= 15 is 0 Å². The highest BCUT2D eigenvalue weighted by atomic mass is 16.6. The summed E-state index contributed by atoms with van der Waals surface area (Å²) >= 11 is 0. The number of hydrogen-bond donors (Lipinski definition) is 0. The molecule has 24 heavy (non-hydrogen) atoms. The minimum absolute atomic E-state index is 0.0467. The number of aryl methyl sites for hydroxylation is 1. The molecule has 0 radical (unpaired) electrons. The van der Waals surface area contributed by atoms with Crippen LogP contribution in [0, 0.1) is 21.4 Å². The first kappa shape index (κ1) is 17.0. The molecule has 0 spiro atoms. The monoisotopic (exact) mass is 330 g/mol. The molecule has 0 bridgehead atoms. The highest BCUT2D eigenvalue weighted by molar-refractivity contribution is 5.37. The van der Waals surface area contributed by atoms with Crippen LogP contribution >= 0.6 is 0 Å². The first-order valence-corrected chi connectivity index (χ1v) is 7.09. The maximum absolute atomic E-state index is 12.1. The van der Waals surface area contributed by atoms with Gasteiger partial charge in [0.05, 0.1) is 17.5 Å². The number of ether oxygens (including phenoxy) is 1. The van der Waals surface area contributed by atoms with Gasteiger partial charge in [0, 0.05) is 18.8 Å². The summed E-state index contributed by atoms with van der Waals surface area (Å²) in [6.45, 7) is 1.92. The quantitative estimate of drug-likeness (QED) is 0.573. The number of hydrogen-bond acceptors (Lipinski definition) is 6. The molecule has 9 heteroatoms. The lowest BCUT2D eigenvalue weighted by atomic mass is 10.3. The Morgan fingerprint density at radius 3 is 2.75 bits per heavy atom. The molecule has 0 aliphatic rings. The lowest BCUT2D eigenvalue weighted by Gasteiger charge is -2.10. The summed E-state index contributed by atoms with van der Waals surface area (Å²) in [5, 5.41) is 19.7. The molecule has 9 nitrogen and oxygen atoms in total. The number of nitro benzene ring substituents is 1. The molecule has 124 valence electrons. The van der Waals surface area contributed by atoms with Crippen LogP contribution in [0.4, 0.5) is 5.69 Å². The van der Waals surface area contributed by atoms with E-state index in [1.165, 1.54) is 35.0 Å². The van der Waals surface area contributed by atoms with E-state index in [0.717, 1.165) is 4.57 Å². The predicted octanol–water partition coefficient (Wildman–Crippen LogP) is 0.889. The van der Waals surface area contributed by atoms with Crippen molar-refractivity contribution in [3.8, 4) is 11.8 Å². The normalized spacial score (nSPS) is 10.2. The van der Waals surface area contributed by atoms with Crippen molar-refractivity contribution in [2.24, 2.45) is 0 Å². The molecule has 1 aromatic carbocycles. The second-order valence-corrected chi connectivity index (χ2v) is 4.78. The zero-order valence-corrected chi connectivity index (χ0v) is 12.8. The van der Waals surface area contributed by atoms with Gasteiger partial charge in [-0.2, -0.15) is 5.26 Å². The molecule has 1 aromatic heterocycles. The van der Waals surface area contributed by atoms with Crippen LogP contribution in [-0.4, -0.2) is 20.7 Å². The molecule has 2 aromatic rings. The van der Waals surface area contributed by atoms with Gasteiger partial charge in [-0.15, -0.1) is 0 Å². The number of nitrogens with zero attached hydrogens (tertiary/aromatic N) is 4. The first-order valence-electron chi connectivity index (χ1n) is 7.09. The summed E-state index contributed by atoms with van der Waals surface area (Å²) < 4.78 is 7.54. The number of aromatic nitrogens is 2. The summed E-state index contributed by atoms with van der Waals surface area (Å²) in [5.74, 6) is 0.254. The van der Waals surface area contributed by atoms with E-state index in [0.29, 0.717) is 6.54 Å². The van der Waals surface area contributed by atoms with E-state index < -0.39 is 16.2 Å². The molecule has 0 fully saturated rings. The molecule has 2 rings (SSSR count). The van der Waals surface area contributed by atoms with Crippen molar-refractivity contribution in [2.45, 2.75) is 20.0 Å². The number of rotatable bonds is 6. The Kier molecular flexibility index (Phi) is 5.11. The third kappa shape index (κ3) is 3.49. The molecular weight excluding hydrogens is 316 g/mol. The van der Waals surface area contributed by atoms with Gasteiger partial charge in [-0.1, -0.05) is 6.07 Å². The third-order valence-electron chi connectivity index (χ3n) is 3.31. The van der Waals surface area contributed by atoms with Crippen molar-refractivity contribution in [3.63, 3.8) is 0 Å². The SMILES string of the molecule is CCn1cc(C#N)c(=O)n(CCOc2cccc([N+](=O)[O-])c2)c1=O. The van der Waals surface area contributed by atoms with Crippen molar-refractivity contribution < 1.29 is 9.66 Å². The van der Waals surface area contributed by atoms with E-state index in [1.807, 2.05) is 0 Å². The van der Waals surface area contributed by atoms with E-state index in [9.17, 15) is 19.7 Å². The van der Waals surface area contributed by atoms with E-state index in [4.69, 9.17) is 10.00 Å². The van der Waals surface area contributed by atoms with Gasteiger partial charge in [0.1, 0.15) is 24.0 Å². The van der Waals surface area contributed by atoms with Crippen molar-refractivity contribution in [2.75, 3.05) is 6.61 Å². The van der Waals surface area contributed by atoms with Crippen LogP contribution in [-0.2, 0) is 13.1 Å². The van der Waals surface area contributed by atoms with Crippen LogP contribution in [0.15, 0.2) is 40.1 Å². The zero-order chi connectivity index (χ0) is 17.7. The predicted molar refractivity (Wildman–Crippen MR) is 83.9 cm³/mol. The van der Waals surface area contributed by atoms with Crippen LogP contribution in [0.25, 0.3) is 0 Å². The molecule has 0 aliphatic heterocycles. The Morgan fingerprint density at radius 1 is 1.38 bits per heavy atom. The summed E-state index contributed by atoms with van der Waals surface area (Å²) in [6.07, 6.45) is 1.22. The Morgan fingerprint density at radius 2 is 2.12 bits per heavy atom. The van der Waals surface area contributed by atoms with Gasteiger partial charge in [0.25, 0.3) is 11.2 Å². The number of nitro groups is 1. The topological polar surface area (TPSA) is 120 Å². The van der Waals surface area contributed by atoms with Crippen LogP contribution in [0.5, 0.6) is 5.75 Å². The fraction of sp³-hybridized carbons (Fsp3) is 0.267. The van der Waals surface area contributed by atoms with Crippen molar-refractivity contribution in [3.05, 3.63) is 67.0 Å². The average molecular weight is 330 g/mol. The van der Waals surface area contributed by atoms with Crippen LogP contribution in [0.3, 0.4) is 0 Å². The summed E-state index contributed by atoms with van der Waals surface area (Å²) in [6, 6.07) is 7.34. The van der Waals surface area contributed by atoms with Crippen LogP contribution in [0.2, 0.25) is 0 Å². The molecule has 0 atom stereocenters. The minimum Gasteiger partial charge on any atom is -0.491 e. The molecule has 0 N–H and O–H groups in total. The third-order valence-corrected chi connectivity index (χ3v) is 3.31. The molecule has 0 unspecified atom stereocenters. The molecular formula is C15H14N4O5. The molecule has 0 aliphatic carbocycles. The summed E-state index contributed by atoms with van der Waals surface area (Å²) in [5.41, 5.74) is -1.48. The molecule has 0 saturated carbocycles. The van der Waals surface area contributed by atoms with Crippen LogP contribution in [0.1, 0.15) is 12.5 Å². The fourth-order valence-corrected chi connectivity index (χ4v) is 2.10. The Labute approximate surface area is 136 Å².